The van der Waals surface area contributed by atoms with E-state index < -0.39 is 0 Å². The van der Waals surface area contributed by atoms with E-state index in [2.05, 4.69) is 10.0 Å². The molecule has 0 aliphatic rings. The lowest BCUT2D eigenvalue weighted by molar-refractivity contribution is 0.314. The van der Waals surface area contributed by atoms with Crippen LogP contribution < -0.4 is 4.74 Å². The highest BCUT2D eigenvalue weighted by atomic mass is 35.5. The van der Waals surface area contributed by atoms with Gasteiger partial charge in [-0.3, -0.25) is 0 Å². The number of hydrogen-bond acceptors (Lipinski definition) is 2. The molecule has 16 heavy (non-hydrogen) atoms. The number of azide groups is 1. The number of ether oxygens (including phenoxy) is 1. The Balaban J connectivity index is 2.57. The molecule has 0 aliphatic heterocycles. The Morgan fingerprint density at radius 1 is 1.25 bits per heavy atom. The van der Waals surface area contributed by atoms with Crippen molar-refractivity contribution in [2.24, 2.45) is 5.11 Å². The lowest BCUT2D eigenvalue weighted by atomic mass is 10.3. The fourth-order valence-electron chi connectivity index (χ4n) is 1.02. The van der Waals surface area contributed by atoms with Crippen LogP contribution in [0.4, 0.5) is 0 Å². The topological polar surface area (TPSA) is 58.0 Å². The second-order valence-electron chi connectivity index (χ2n) is 2.86. The molecule has 0 spiro atoms. The molecule has 1 rings (SSSR count). The molecule has 7 heteroatoms. The van der Waals surface area contributed by atoms with Crippen molar-refractivity contribution in [3.8, 4) is 5.75 Å². The fourth-order valence-corrected chi connectivity index (χ4v) is 1.95. The van der Waals surface area contributed by atoms with Gasteiger partial charge in [-0.25, -0.2) is 0 Å². The predicted octanol–water partition coefficient (Wildman–Crippen LogP) is 4.73. The van der Waals surface area contributed by atoms with E-state index in [9.17, 15) is 0 Å². The van der Waals surface area contributed by atoms with Crippen LogP contribution in [0.1, 0.15) is 6.42 Å². The summed E-state index contributed by atoms with van der Waals surface area (Å²) in [5.74, 6) is 0.397. The number of nitrogens with zero attached hydrogens (tertiary/aromatic N) is 3. The van der Waals surface area contributed by atoms with Gasteiger partial charge in [0.1, 0.15) is 0 Å². The highest BCUT2D eigenvalue weighted by molar-refractivity contribution is 6.40. The standard InChI is InChI=1S/C9H8Cl3N3O/c10-6-4-7(11)9(8(12)5-6)16-3-1-2-14-15-13/h4-5H,1-3H2. The fraction of sp³-hybridized carbons (Fsp3) is 0.333. The molecule has 0 atom stereocenters. The van der Waals surface area contributed by atoms with E-state index in [1.807, 2.05) is 0 Å². The summed E-state index contributed by atoms with van der Waals surface area (Å²) in [7, 11) is 0. The zero-order chi connectivity index (χ0) is 12.0. The van der Waals surface area contributed by atoms with Crippen molar-refractivity contribution in [1.82, 2.24) is 0 Å². The second kappa shape index (κ2) is 6.71. The van der Waals surface area contributed by atoms with Gasteiger partial charge < -0.3 is 4.74 Å². The van der Waals surface area contributed by atoms with E-state index in [0.29, 0.717) is 40.4 Å². The Bertz CT molecular complexity index is 395. The molecule has 0 radical (unpaired) electrons. The van der Waals surface area contributed by atoms with Crippen LogP contribution in [0.15, 0.2) is 17.2 Å². The van der Waals surface area contributed by atoms with E-state index in [1.165, 1.54) is 0 Å². The van der Waals surface area contributed by atoms with Gasteiger partial charge in [0, 0.05) is 16.5 Å². The van der Waals surface area contributed by atoms with Gasteiger partial charge in [-0.2, -0.15) is 0 Å². The number of hydrogen-bond donors (Lipinski definition) is 0. The maximum atomic E-state index is 8.06. The van der Waals surface area contributed by atoms with Crippen LogP contribution in [0.5, 0.6) is 5.75 Å². The molecular formula is C9H8Cl3N3O. The van der Waals surface area contributed by atoms with Crippen molar-refractivity contribution < 1.29 is 4.74 Å². The van der Waals surface area contributed by atoms with Crippen LogP contribution in [0.3, 0.4) is 0 Å². The summed E-state index contributed by atoms with van der Waals surface area (Å²) in [5, 5.41) is 4.56. The first kappa shape index (κ1) is 13.3. The molecule has 0 saturated heterocycles. The second-order valence-corrected chi connectivity index (χ2v) is 4.11. The van der Waals surface area contributed by atoms with E-state index in [-0.39, 0.29) is 0 Å². The monoisotopic (exact) mass is 279 g/mol. The Morgan fingerprint density at radius 2 is 1.88 bits per heavy atom. The van der Waals surface area contributed by atoms with Crippen molar-refractivity contribution in [1.29, 1.82) is 0 Å². The molecule has 0 N–H and O–H groups in total. The molecule has 0 bridgehead atoms. The molecule has 86 valence electrons. The third-order valence-corrected chi connectivity index (χ3v) is 2.45. The zero-order valence-corrected chi connectivity index (χ0v) is 10.4. The smallest absolute Gasteiger partial charge is 0.156 e. The minimum absolute atomic E-state index is 0.362. The maximum absolute atomic E-state index is 8.06. The van der Waals surface area contributed by atoms with Crippen LogP contribution in [0, 0.1) is 0 Å². The van der Waals surface area contributed by atoms with Gasteiger partial charge in [0.15, 0.2) is 5.75 Å². The Morgan fingerprint density at radius 3 is 2.44 bits per heavy atom. The highest BCUT2D eigenvalue weighted by Crippen LogP contribution is 2.35. The van der Waals surface area contributed by atoms with E-state index in [1.54, 1.807) is 12.1 Å². The summed E-state index contributed by atoms with van der Waals surface area (Å²) in [6, 6.07) is 3.11. The zero-order valence-electron chi connectivity index (χ0n) is 8.16. The summed E-state index contributed by atoms with van der Waals surface area (Å²) in [6.45, 7) is 0.749. The summed E-state index contributed by atoms with van der Waals surface area (Å²) in [6.07, 6.45) is 0.597. The minimum atomic E-state index is 0.362. The van der Waals surface area contributed by atoms with Crippen LogP contribution in [0.25, 0.3) is 10.4 Å². The largest absolute Gasteiger partial charge is 0.490 e. The molecular weight excluding hydrogens is 272 g/mol. The predicted molar refractivity (Wildman–Crippen MR) is 65.6 cm³/mol. The van der Waals surface area contributed by atoms with Crippen LogP contribution in [-0.4, -0.2) is 13.2 Å². The van der Waals surface area contributed by atoms with Crippen LogP contribution in [-0.2, 0) is 0 Å². The Labute approximate surface area is 108 Å². The summed E-state index contributed by atoms with van der Waals surface area (Å²) >= 11 is 17.5. The first-order chi connectivity index (χ1) is 7.65. The summed E-state index contributed by atoms with van der Waals surface area (Å²) in [4.78, 5) is 2.63. The molecule has 1 aromatic carbocycles. The summed E-state index contributed by atoms with van der Waals surface area (Å²) < 4.78 is 5.36. The third kappa shape index (κ3) is 3.99. The van der Waals surface area contributed by atoms with Crippen molar-refractivity contribution in [3.63, 3.8) is 0 Å². The van der Waals surface area contributed by atoms with Crippen molar-refractivity contribution >= 4 is 34.8 Å². The van der Waals surface area contributed by atoms with Crippen molar-refractivity contribution in [3.05, 3.63) is 37.6 Å². The molecule has 1 aromatic rings. The van der Waals surface area contributed by atoms with Crippen molar-refractivity contribution in [2.45, 2.75) is 6.42 Å². The van der Waals surface area contributed by atoms with E-state index >= 15 is 0 Å². The van der Waals surface area contributed by atoms with Crippen molar-refractivity contribution in [2.75, 3.05) is 13.2 Å². The first-order valence-corrected chi connectivity index (χ1v) is 5.56. The average Bonchev–Trinajstić information content (AvgIpc) is 2.20. The molecule has 0 fully saturated rings. The Kier molecular flexibility index (Phi) is 5.56. The highest BCUT2D eigenvalue weighted by Gasteiger charge is 2.08. The van der Waals surface area contributed by atoms with Gasteiger partial charge in [0.25, 0.3) is 0 Å². The molecule has 0 unspecified atom stereocenters. The van der Waals surface area contributed by atoms with E-state index in [0.717, 1.165) is 0 Å². The number of benzene rings is 1. The minimum Gasteiger partial charge on any atom is -0.490 e. The van der Waals surface area contributed by atoms with Crippen LogP contribution >= 0.6 is 34.8 Å². The van der Waals surface area contributed by atoms with Gasteiger partial charge in [-0.1, -0.05) is 39.9 Å². The first-order valence-electron chi connectivity index (χ1n) is 4.43. The molecule has 4 nitrogen and oxygen atoms in total. The molecule has 0 aliphatic carbocycles. The lowest BCUT2D eigenvalue weighted by Crippen LogP contribution is -1.99. The van der Waals surface area contributed by atoms with Gasteiger partial charge >= 0.3 is 0 Å². The SMILES string of the molecule is [N-]=[N+]=NCCCOc1c(Cl)cc(Cl)cc1Cl. The van der Waals surface area contributed by atoms with Gasteiger partial charge in [-0.15, -0.1) is 0 Å². The molecule has 0 aromatic heterocycles. The third-order valence-electron chi connectivity index (χ3n) is 1.68. The number of rotatable bonds is 5. The molecule has 0 amide bonds. The summed E-state index contributed by atoms with van der Waals surface area (Å²) in [5.41, 5.74) is 8.06. The van der Waals surface area contributed by atoms with Crippen LogP contribution in [0.2, 0.25) is 15.1 Å². The van der Waals surface area contributed by atoms with Gasteiger partial charge in [-0.05, 0) is 24.1 Å². The van der Waals surface area contributed by atoms with Gasteiger partial charge in [0.2, 0.25) is 0 Å². The Hall–Kier alpha value is -0.800. The van der Waals surface area contributed by atoms with E-state index in [4.69, 9.17) is 45.1 Å². The maximum Gasteiger partial charge on any atom is 0.156 e. The lowest BCUT2D eigenvalue weighted by Gasteiger charge is -2.09. The number of halogens is 3. The average molecular weight is 281 g/mol. The molecule has 0 heterocycles. The van der Waals surface area contributed by atoms with Gasteiger partial charge in [0.05, 0.1) is 16.7 Å². The quantitative estimate of drug-likeness (QED) is 0.333. The molecule has 0 saturated carbocycles. The normalized spacial score (nSPS) is 9.69.